The molecule has 0 aromatic rings. The van der Waals surface area contributed by atoms with E-state index in [1.54, 1.807) is 0 Å². The van der Waals surface area contributed by atoms with Gasteiger partial charge >= 0.3 is 32.2 Å². The fraction of sp³-hybridized carbons (Fsp3) is 0.900. The SMILES string of the molecule is O=C(OS(=O)(=O)CCCCCCS(=O)(=O)OC(=O)C1CCCCC1)C1CCCCC1. The third-order valence-electron chi connectivity index (χ3n) is 5.83. The van der Waals surface area contributed by atoms with Gasteiger partial charge in [0.1, 0.15) is 0 Å². The molecule has 8 nitrogen and oxygen atoms in total. The molecule has 0 aromatic carbocycles. The highest BCUT2D eigenvalue weighted by atomic mass is 32.2. The third-order valence-corrected chi connectivity index (χ3v) is 8.25. The molecule has 30 heavy (non-hydrogen) atoms. The van der Waals surface area contributed by atoms with E-state index in [2.05, 4.69) is 0 Å². The van der Waals surface area contributed by atoms with Gasteiger partial charge in [0.15, 0.2) is 0 Å². The van der Waals surface area contributed by atoms with Gasteiger partial charge in [-0.05, 0) is 38.5 Å². The van der Waals surface area contributed by atoms with Crippen molar-refractivity contribution in [1.29, 1.82) is 0 Å². The van der Waals surface area contributed by atoms with Crippen LogP contribution in [0.5, 0.6) is 0 Å². The zero-order valence-corrected chi connectivity index (χ0v) is 19.2. The molecule has 0 unspecified atom stereocenters. The minimum absolute atomic E-state index is 0.269. The highest BCUT2D eigenvalue weighted by molar-refractivity contribution is 7.87. The summed E-state index contributed by atoms with van der Waals surface area (Å²) in [5.41, 5.74) is 0. The van der Waals surface area contributed by atoms with Gasteiger partial charge in [-0.15, -0.1) is 0 Å². The molecule has 0 aliphatic heterocycles. The van der Waals surface area contributed by atoms with E-state index in [4.69, 9.17) is 8.37 Å². The number of carbonyl (C=O) groups is 2. The Labute approximate surface area is 180 Å². The Morgan fingerprint density at radius 1 is 0.567 bits per heavy atom. The molecule has 2 aliphatic rings. The lowest BCUT2D eigenvalue weighted by Gasteiger charge is -2.19. The number of hydrogen-bond donors (Lipinski definition) is 0. The maximum Gasteiger partial charge on any atom is 0.325 e. The molecule has 0 radical (unpaired) electrons. The van der Waals surface area contributed by atoms with Crippen LogP contribution >= 0.6 is 0 Å². The average molecular weight is 467 g/mol. The zero-order valence-electron chi connectivity index (χ0n) is 17.6. The number of hydrogen-bond acceptors (Lipinski definition) is 8. The lowest BCUT2D eigenvalue weighted by molar-refractivity contribution is -0.140. The first kappa shape index (κ1) is 25.1. The smallest absolute Gasteiger partial charge is 0.325 e. The summed E-state index contributed by atoms with van der Waals surface area (Å²) in [4.78, 5) is 23.9. The molecule has 2 saturated carbocycles. The Morgan fingerprint density at radius 2 is 0.900 bits per heavy atom. The highest BCUT2D eigenvalue weighted by Crippen LogP contribution is 2.26. The van der Waals surface area contributed by atoms with Gasteiger partial charge in [-0.1, -0.05) is 51.4 Å². The van der Waals surface area contributed by atoms with Crippen LogP contribution in [0, 0.1) is 11.8 Å². The van der Waals surface area contributed by atoms with Crippen LogP contribution in [-0.4, -0.2) is 40.3 Å². The summed E-state index contributed by atoms with van der Waals surface area (Å²) < 4.78 is 57.2. The number of unbranched alkanes of at least 4 members (excludes halogenated alkanes) is 3. The molecular formula is C20H34O8S2. The second-order valence-electron chi connectivity index (χ2n) is 8.41. The quantitative estimate of drug-likeness (QED) is 0.335. The van der Waals surface area contributed by atoms with Crippen molar-refractivity contribution < 1.29 is 34.8 Å². The Bertz CT molecular complexity index is 695. The van der Waals surface area contributed by atoms with E-state index in [0.29, 0.717) is 38.5 Å². The highest BCUT2D eigenvalue weighted by Gasteiger charge is 2.28. The fourth-order valence-electron chi connectivity index (χ4n) is 4.06. The summed E-state index contributed by atoms with van der Waals surface area (Å²) >= 11 is 0. The summed E-state index contributed by atoms with van der Waals surface area (Å²) in [6, 6.07) is 0. The maximum atomic E-state index is 12.0. The summed E-state index contributed by atoms with van der Waals surface area (Å²) in [6.07, 6.45) is 10.0. The predicted octanol–water partition coefficient (Wildman–Crippen LogP) is 3.45. The van der Waals surface area contributed by atoms with Gasteiger partial charge in [0.25, 0.3) is 0 Å². The van der Waals surface area contributed by atoms with E-state index < -0.39 is 32.2 Å². The van der Waals surface area contributed by atoms with Gasteiger partial charge in [-0.2, -0.15) is 16.8 Å². The van der Waals surface area contributed by atoms with Gasteiger partial charge in [0.2, 0.25) is 0 Å². The molecule has 0 amide bonds. The Kier molecular flexibility index (Phi) is 10.1. The largest absolute Gasteiger partial charge is 0.345 e. The molecule has 0 N–H and O–H groups in total. The van der Waals surface area contributed by atoms with Gasteiger partial charge in [0, 0.05) is 0 Å². The molecule has 174 valence electrons. The second kappa shape index (κ2) is 12.0. The summed E-state index contributed by atoms with van der Waals surface area (Å²) in [5.74, 6) is -2.49. The number of carbonyl (C=O) groups excluding carboxylic acids is 2. The van der Waals surface area contributed by atoms with E-state index in [9.17, 15) is 26.4 Å². The molecular weight excluding hydrogens is 432 g/mol. The lowest BCUT2D eigenvalue weighted by Crippen LogP contribution is -2.25. The molecule has 0 heterocycles. The topological polar surface area (TPSA) is 121 Å². The van der Waals surface area contributed by atoms with Crippen molar-refractivity contribution in [2.75, 3.05) is 11.5 Å². The molecule has 2 rings (SSSR count). The van der Waals surface area contributed by atoms with Crippen molar-refractivity contribution in [2.45, 2.75) is 89.9 Å². The van der Waals surface area contributed by atoms with E-state index in [1.165, 1.54) is 0 Å². The lowest BCUT2D eigenvalue weighted by atomic mass is 9.90. The first-order chi connectivity index (χ1) is 14.2. The number of rotatable bonds is 11. The Morgan fingerprint density at radius 3 is 1.23 bits per heavy atom. The minimum Gasteiger partial charge on any atom is -0.345 e. The van der Waals surface area contributed by atoms with E-state index in [1.807, 2.05) is 0 Å². The van der Waals surface area contributed by atoms with E-state index >= 15 is 0 Å². The van der Waals surface area contributed by atoms with Gasteiger partial charge in [0.05, 0.1) is 23.3 Å². The standard InChI is InChI=1S/C20H34O8S2/c21-19(17-11-5-3-6-12-17)27-29(23,24)15-9-1-2-10-16-30(25,26)28-20(22)18-13-7-4-8-14-18/h17-18H,1-16H2. The van der Waals surface area contributed by atoms with Crippen LogP contribution in [0.4, 0.5) is 0 Å². The van der Waals surface area contributed by atoms with Crippen LogP contribution in [0.1, 0.15) is 89.9 Å². The Hall–Kier alpha value is -1.16. The summed E-state index contributed by atoms with van der Waals surface area (Å²) in [7, 11) is -7.82. The fourth-order valence-corrected chi connectivity index (χ4v) is 6.11. The van der Waals surface area contributed by atoms with Crippen molar-refractivity contribution >= 4 is 32.2 Å². The van der Waals surface area contributed by atoms with Crippen LogP contribution in [-0.2, 0) is 38.2 Å². The van der Waals surface area contributed by atoms with Gasteiger partial charge in [-0.25, -0.2) is 0 Å². The third kappa shape index (κ3) is 9.32. The molecule has 0 aromatic heterocycles. The van der Waals surface area contributed by atoms with Crippen LogP contribution < -0.4 is 0 Å². The van der Waals surface area contributed by atoms with E-state index in [-0.39, 0.29) is 36.2 Å². The molecule has 0 atom stereocenters. The molecule has 0 saturated heterocycles. The summed E-state index contributed by atoms with van der Waals surface area (Å²) in [5, 5.41) is 0. The van der Waals surface area contributed by atoms with E-state index in [0.717, 1.165) is 38.5 Å². The summed E-state index contributed by atoms with van der Waals surface area (Å²) in [6.45, 7) is 0. The molecule has 2 fully saturated rings. The van der Waals surface area contributed by atoms with Crippen molar-refractivity contribution in [1.82, 2.24) is 0 Å². The van der Waals surface area contributed by atoms with Gasteiger partial charge in [-0.3, -0.25) is 9.59 Å². The first-order valence-electron chi connectivity index (χ1n) is 11.1. The normalized spacial score (nSPS) is 19.3. The molecule has 0 spiro atoms. The van der Waals surface area contributed by atoms with Crippen molar-refractivity contribution in [3.63, 3.8) is 0 Å². The van der Waals surface area contributed by atoms with Crippen LogP contribution in [0.2, 0.25) is 0 Å². The van der Waals surface area contributed by atoms with Crippen molar-refractivity contribution in [2.24, 2.45) is 11.8 Å². The monoisotopic (exact) mass is 466 g/mol. The van der Waals surface area contributed by atoms with Crippen molar-refractivity contribution in [3.05, 3.63) is 0 Å². The molecule has 0 bridgehead atoms. The second-order valence-corrected chi connectivity index (χ2v) is 11.8. The Balaban J connectivity index is 1.59. The first-order valence-corrected chi connectivity index (χ1v) is 14.3. The van der Waals surface area contributed by atoms with Crippen LogP contribution in [0.25, 0.3) is 0 Å². The zero-order chi connectivity index (χ0) is 22.0. The van der Waals surface area contributed by atoms with Crippen molar-refractivity contribution in [3.8, 4) is 0 Å². The minimum atomic E-state index is -3.91. The van der Waals surface area contributed by atoms with Crippen LogP contribution in [0.3, 0.4) is 0 Å². The molecule has 2 aliphatic carbocycles. The average Bonchev–Trinajstić information content (AvgIpc) is 2.71. The predicted molar refractivity (Wildman–Crippen MR) is 111 cm³/mol. The van der Waals surface area contributed by atoms with Gasteiger partial charge < -0.3 is 8.37 Å². The van der Waals surface area contributed by atoms with Crippen LogP contribution in [0.15, 0.2) is 0 Å². The molecule has 10 heteroatoms. The maximum absolute atomic E-state index is 12.0.